The number of benzene rings is 1. The van der Waals surface area contributed by atoms with Gasteiger partial charge in [0.2, 0.25) is 5.91 Å². The number of hydrogen-bond acceptors (Lipinski definition) is 9. The van der Waals surface area contributed by atoms with E-state index in [0.717, 1.165) is 31.3 Å². The second-order valence-corrected chi connectivity index (χ2v) is 9.56. The Bertz CT molecular complexity index is 1530. The zero-order chi connectivity index (χ0) is 31.3. The van der Waals surface area contributed by atoms with Gasteiger partial charge in [0.15, 0.2) is 0 Å². The van der Waals surface area contributed by atoms with E-state index in [1.165, 1.54) is 24.3 Å². The van der Waals surface area contributed by atoms with E-state index >= 15 is 0 Å². The number of methoxy groups -OCH3 is 2. The molecule has 0 spiro atoms. The van der Waals surface area contributed by atoms with Crippen LogP contribution in [-0.2, 0) is 14.3 Å². The average Bonchev–Trinajstić information content (AvgIpc) is 3.85. The molecule has 2 aromatic rings. The lowest BCUT2D eigenvalue weighted by atomic mass is 9.98. The third-order valence-corrected chi connectivity index (χ3v) is 6.51. The Morgan fingerprint density at radius 2 is 1.70 bits per heavy atom. The highest BCUT2D eigenvalue weighted by Gasteiger charge is 2.39. The number of pyridine rings is 1. The molecule has 2 aliphatic rings. The van der Waals surface area contributed by atoms with Gasteiger partial charge in [-0.05, 0) is 60.2 Å². The lowest BCUT2D eigenvalue weighted by Crippen LogP contribution is -2.40. The Kier molecular flexibility index (Phi) is 9.13. The number of anilines is 1. The smallest absolute Gasteiger partial charge is 0.452 e. The second-order valence-electron chi connectivity index (χ2n) is 9.56. The van der Waals surface area contributed by atoms with Gasteiger partial charge in [-0.25, -0.2) is 19.5 Å². The predicted molar refractivity (Wildman–Crippen MR) is 143 cm³/mol. The van der Waals surface area contributed by atoms with Gasteiger partial charge in [-0.15, -0.1) is 13.2 Å². The van der Waals surface area contributed by atoms with E-state index in [1.807, 2.05) is 0 Å². The van der Waals surface area contributed by atoms with Crippen molar-refractivity contribution in [2.75, 3.05) is 25.7 Å². The first-order valence-corrected chi connectivity index (χ1v) is 12.9. The van der Waals surface area contributed by atoms with Crippen LogP contribution in [0.1, 0.15) is 29.8 Å². The molecule has 14 heteroatoms. The number of hydrogen-bond donors (Lipinski definition) is 0. The summed E-state index contributed by atoms with van der Waals surface area (Å²) in [5.74, 6) is -3.17. The Morgan fingerprint density at radius 1 is 1.02 bits per heavy atom. The van der Waals surface area contributed by atoms with E-state index in [4.69, 9.17) is 14.7 Å². The summed E-state index contributed by atoms with van der Waals surface area (Å²) in [6.45, 7) is -0.243. The van der Waals surface area contributed by atoms with Gasteiger partial charge in [0.25, 0.3) is 5.91 Å². The number of halogens is 3. The maximum Gasteiger partial charge on any atom is 0.573 e. The highest BCUT2D eigenvalue weighted by molar-refractivity contribution is 6.13. The summed E-state index contributed by atoms with van der Waals surface area (Å²) in [7, 11) is 2.14. The molecule has 1 atom stereocenters. The number of aromatic nitrogens is 1. The molecule has 4 amide bonds. The number of nitriles is 1. The quantitative estimate of drug-likeness (QED) is 0.410. The van der Waals surface area contributed by atoms with Gasteiger partial charge in [-0.2, -0.15) is 10.2 Å². The van der Waals surface area contributed by atoms with Crippen LogP contribution in [0, 0.1) is 23.2 Å². The number of imide groups is 2. The summed E-state index contributed by atoms with van der Waals surface area (Å²) in [4.78, 5) is 57.9. The Hall–Kier alpha value is -5.19. The van der Waals surface area contributed by atoms with Crippen LogP contribution in [0.5, 0.6) is 5.75 Å². The number of amides is 4. The number of ether oxygens (including phenoxy) is 3. The summed E-state index contributed by atoms with van der Waals surface area (Å²) in [6.07, 6.45) is -0.631. The van der Waals surface area contributed by atoms with Crippen molar-refractivity contribution in [3.63, 3.8) is 0 Å². The van der Waals surface area contributed by atoms with Crippen molar-refractivity contribution in [3.8, 4) is 22.9 Å². The highest BCUT2D eigenvalue weighted by Crippen LogP contribution is 2.35. The molecule has 1 aromatic heterocycles. The molecule has 1 saturated carbocycles. The lowest BCUT2D eigenvalue weighted by molar-refractivity contribution is -0.274. The van der Waals surface area contributed by atoms with Crippen LogP contribution in [0.2, 0.25) is 0 Å². The summed E-state index contributed by atoms with van der Waals surface area (Å²) in [5, 5.41) is 9.12. The Morgan fingerprint density at radius 3 is 2.23 bits per heavy atom. The van der Waals surface area contributed by atoms with Crippen LogP contribution in [0.15, 0.2) is 60.2 Å². The summed E-state index contributed by atoms with van der Waals surface area (Å²) in [5.41, 5.74) is 0.632. The van der Waals surface area contributed by atoms with Crippen molar-refractivity contribution in [3.05, 3.63) is 65.9 Å². The molecule has 1 fully saturated rings. The third kappa shape index (κ3) is 7.56. The molecular weight excluding hydrogens is 573 g/mol. The topological polar surface area (TPSA) is 139 Å². The highest BCUT2D eigenvalue weighted by atomic mass is 19.4. The molecule has 43 heavy (non-hydrogen) atoms. The molecule has 4 rings (SSSR count). The monoisotopic (exact) mass is 598 g/mol. The van der Waals surface area contributed by atoms with Crippen molar-refractivity contribution < 1.29 is 46.6 Å². The molecular formula is C29H25F3N4O7. The SMILES string of the molecule is COC(=O)N(CC1=CCC(C#N)C=C1)C(=O)c1cc(-c2ccc(OC(F)(F)F)cc2)cc(N(C(=O)OC)C(=O)C2CC2)n1. The zero-order valence-corrected chi connectivity index (χ0v) is 23.0. The fraction of sp³-hybridized carbons (Fsp3) is 0.310. The van der Waals surface area contributed by atoms with Crippen molar-refractivity contribution in [2.24, 2.45) is 11.8 Å². The second kappa shape index (κ2) is 12.8. The molecule has 1 aromatic carbocycles. The summed E-state index contributed by atoms with van der Waals surface area (Å²) in [6, 6.07) is 9.32. The van der Waals surface area contributed by atoms with Crippen LogP contribution >= 0.6 is 0 Å². The van der Waals surface area contributed by atoms with Crippen molar-refractivity contribution in [1.82, 2.24) is 9.88 Å². The Labute approximate surface area is 243 Å². The molecule has 0 saturated heterocycles. The van der Waals surface area contributed by atoms with E-state index in [0.29, 0.717) is 29.7 Å². The number of allylic oxidation sites excluding steroid dienone is 2. The van der Waals surface area contributed by atoms with E-state index < -0.39 is 42.0 Å². The van der Waals surface area contributed by atoms with Gasteiger partial charge in [-0.1, -0.05) is 30.4 Å². The van der Waals surface area contributed by atoms with E-state index in [-0.39, 0.29) is 35.1 Å². The van der Waals surface area contributed by atoms with Gasteiger partial charge in [-0.3, -0.25) is 9.59 Å². The van der Waals surface area contributed by atoms with Gasteiger partial charge in [0.1, 0.15) is 17.3 Å². The van der Waals surface area contributed by atoms with Crippen molar-refractivity contribution in [1.29, 1.82) is 5.26 Å². The molecule has 224 valence electrons. The number of alkyl halides is 3. The maximum absolute atomic E-state index is 13.8. The minimum atomic E-state index is -4.91. The van der Waals surface area contributed by atoms with Crippen LogP contribution in [0.3, 0.4) is 0 Å². The van der Waals surface area contributed by atoms with Gasteiger partial charge < -0.3 is 14.2 Å². The number of carbonyl (C=O) groups is 4. The Balaban J connectivity index is 1.78. The normalized spacial score (nSPS) is 15.9. The fourth-order valence-corrected chi connectivity index (χ4v) is 4.18. The van der Waals surface area contributed by atoms with Crippen LogP contribution < -0.4 is 9.64 Å². The molecule has 0 aliphatic heterocycles. The minimum Gasteiger partial charge on any atom is -0.452 e. The van der Waals surface area contributed by atoms with Crippen LogP contribution in [0.4, 0.5) is 28.6 Å². The first-order chi connectivity index (χ1) is 20.4. The summed E-state index contributed by atoms with van der Waals surface area (Å²) < 4.78 is 51.5. The van der Waals surface area contributed by atoms with Crippen LogP contribution in [0.25, 0.3) is 11.1 Å². The van der Waals surface area contributed by atoms with E-state index in [9.17, 15) is 32.3 Å². The predicted octanol–water partition coefficient (Wildman–Crippen LogP) is 5.39. The first kappa shape index (κ1) is 30.8. The molecule has 0 radical (unpaired) electrons. The fourth-order valence-electron chi connectivity index (χ4n) is 4.18. The molecule has 0 bridgehead atoms. The largest absolute Gasteiger partial charge is 0.573 e. The number of rotatable bonds is 7. The van der Waals surface area contributed by atoms with Gasteiger partial charge in [0.05, 0.1) is 32.8 Å². The number of carbonyl (C=O) groups excluding carboxylic acids is 4. The molecule has 11 nitrogen and oxygen atoms in total. The summed E-state index contributed by atoms with van der Waals surface area (Å²) >= 11 is 0. The number of nitrogens with zero attached hydrogens (tertiary/aromatic N) is 4. The maximum atomic E-state index is 13.8. The van der Waals surface area contributed by atoms with Gasteiger partial charge >= 0.3 is 18.5 Å². The van der Waals surface area contributed by atoms with Crippen LogP contribution in [-0.4, -0.2) is 61.0 Å². The average molecular weight is 599 g/mol. The third-order valence-electron chi connectivity index (χ3n) is 6.51. The standard InChI is InChI=1S/C29H25F3N4O7/c1-41-27(39)35(16-18-5-3-17(15-33)4-6-18)26(38)23-13-21(19-9-11-22(12-10-19)43-29(30,31)32)14-24(34-23)36(28(40)42-2)25(37)20-7-8-20/h3,5-6,9-14,17,20H,4,7-8,16H2,1-2H3. The molecule has 2 aliphatic carbocycles. The van der Waals surface area contributed by atoms with Gasteiger partial charge in [0, 0.05) is 5.92 Å². The zero-order valence-electron chi connectivity index (χ0n) is 23.0. The lowest BCUT2D eigenvalue weighted by Gasteiger charge is -2.23. The minimum absolute atomic E-state index is 0.183. The van der Waals surface area contributed by atoms with Crippen molar-refractivity contribution in [2.45, 2.75) is 25.6 Å². The first-order valence-electron chi connectivity index (χ1n) is 12.9. The van der Waals surface area contributed by atoms with Crippen molar-refractivity contribution >= 4 is 29.8 Å². The molecule has 1 heterocycles. The molecule has 1 unspecified atom stereocenters. The van der Waals surface area contributed by atoms with E-state index in [1.54, 1.807) is 18.2 Å². The van der Waals surface area contributed by atoms with E-state index in [2.05, 4.69) is 15.8 Å². The molecule has 0 N–H and O–H groups in total.